The number of nitrogens with zero attached hydrogens (tertiary/aromatic N) is 1. The molecule has 0 aliphatic heterocycles. The maximum Gasteiger partial charge on any atom is 0.0621 e. The molecular weight excluding hydrogens is 219 g/mol. The molecule has 0 heterocycles. The minimum Gasteiger partial charge on any atom is -1.00 e. The number of nitriles is 1. The fourth-order valence-corrected chi connectivity index (χ4v) is 0.204. The Morgan fingerprint density at radius 3 is 2.12 bits per heavy atom. The van der Waals surface area contributed by atoms with E-state index in [4.69, 9.17) is 5.26 Å². The van der Waals surface area contributed by atoms with E-state index < -0.39 is 0 Å². The Morgan fingerprint density at radius 2 is 2.00 bits per heavy atom. The van der Waals surface area contributed by atoms with E-state index in [0.29, 0.717) is 6.42 Å². The van der Waals surface area contributed by atoms with Crippen LogP contribution in [0.2, 0.25) is 0 Å². The first-order valence-electron chi connectivity index (χ1n) is 2.08. The first-order valence-corrected chi connectivity index (χ1v) is 2.08. The van der Waals surface area contributed by atoms with Crippen LogP contribution in [0.1, 0.15) is 19.3 Å². The van der Waals surface area contributed by atoms with Crippen molar-refractivity contribution in [3.63, 3.8) is 0 Å². The number of halogens is 1. The van der Waals surface area contributed by atoms with E-state index in [1.807, 2.05) is 6.07 Å². The Hall–Kier alpha value is 0.593. The van der Waals surface area contributed by atoms with Gasteiger partial charge in [0.05, 0.1) is 6.07 Å². The first-order chi connectivity index (χ1) is 2.91. The number of hydrogen-bond acceptors (Lipinski definition) is 1. The molecule has 43 valence electrons. The monoisotopic (exact) mass is 225 g/mol. The number of unbranched alkanes of at least 4 members (excludes halogenated alkanes) is 2. The molecule has 0 aromatic rings. The van der Waals surface area contributed by atoms with Crippen molar-refractivity contribution in [1.29, 1.82) is 5.26 Å². The van der Waals surface area contributed by atoms with Gasteiger partial charge in [-0.2, -0.15) is 5.26 Å². The molecule has 0 spiro atoms. The van der Waals surface area contributed by atoms with Crippen LogP contribution in [-0.2, 0) is 19.5 Å². The molecule has 1 nitrogen and oxygen atoms in total. The summed E-state index contributed by atoms with van der Waals surface area (Å²) >= 11 is 0. The molecule has 0 aromatic carbocycles. The largest absolute Gasteiger partial charge is 1.00 e. The topological polar surface area (TPSA) is 23.8 Å². The Bertz CT molecular complexity index is 59.9. The molecule has 3 heteroatoms. The predicted molar refractivity (Wildman–Crippen MR) is 24.8 cm³/mol. The van der Waals surface area contributed by atoms with E-state index in [9.17, 15) is 0 Å². The fourth-order valence-electron chi connectivity index (χ4n) is 0.204. The maximum absolute atomic E-state index is 7.92. The van der Waals surface area contributed by atoms with Crippen LogP contribution in [0.4, 0.5) is 0 Å². The molecule has 0 saturated carbocycles. The van der Waals surface area contributed by atoms with E-state index in [1.165, 1.54) is 0 Å². The van der Waals surface area contributed by atoms with Gasteiger partial charge < -0.3 is 17.0 Å². The minimum atomic E-state index is 0. The first kappa shape index (κ1) is 15.8. The summed E-state index contributed by atoms with van der Waals surface area (Å²) in [5.41, 5.74) is 0. The second-order valence-electron chi connectivity index (χ2n) is 1.12. The zero-order valence-corrected chi connectivity index (χ0v) is 9.41. The fraction of sp³-hybridized carbons (Fsp3) is 0.600. The molecule has 0 N–H and O–H groups in total. The average molecular weight is 227 g/mol. The van der Waals surface area contributed by atoms with Gasteiger partial charge in [0.25, 0.3) is 0 Å². The van der Waals surface area contributed by atoms with Crippen molar-refractivity contribution in [2.24, 2.45) is 0 Å². The van der Waals surface area contributed by atoms with Crippen molar-refractivity contribution < 1.29 is 36.5 Å². The van der Waals surface area contributed by atoms with Crippen LogP contribution in [0.5, 0.6) is 0 Å². The second kappa shape index (κ2) is 15.6. The predicted octanol–water partition coefficient (Wildman–Crippen LogP) is -1.48. The van der Waals surface area contributed by atoms with Crippen molar-refractivity contribution in [3.05, 3.63) is 6.92 Å². The molecule has 0 fully saturated rings. The van der Waals surface area contributed by atoms with Crippen molar-refractivity contribution in [3.8, 4) is 6.07 Å². The van der Waals surface area contributed by atoms with Gasteiger partial charge in [-0.05, 0) is 6.42 Å². The summed E-state index contributed by atoms with van der Waals surface area (Å²) in [5, 5.41) is 7.92. The molecular formula is C5H8BrNZn-. The number of rotatable bonds is 2. The normalized spacial score (nSPS) is 5.50. The molecule has 0 saturated heterocycles. The molecule has 1 radical (unpaired) electrons. The standard InChI is InChI=1S/C5H8N.BrH.Zn/c1-2-3-4-5-6;;/h1-4H2;1H;/p-1. The smallest absolute Gasteiger partial charge is 0.0621 e. The molecule has 0 aromatic heterocycles. The van der Waals surface area contributed by atoms with Gasteiger partial charge in [-0.25, -0.2) is 0 Å². The van der Waals surface area contributed by atoms with E-state index in [2.05, 4.69) is 6.92 Å². The van der Waals surface area contributed by atoms with Gasteiger partial charge in [0.1, 0.15) is 0 Å². The van der Waals surface area contributed by atoms with Gasteiger partial charge in [-0.15, -0.1) is 0 Å². The van der Waals surface area contributed by atoms with Crippen LogP contribution < -0.4 is 17.0 Å². The van der Waals surface area contributed by atoms with E-state index >= 15 is 0 Å². The van der Waals surface area contributed by atoms with Crippen LogP contribution in [0.25, 0.3) is 0 Å². The summed E-state index contributed by atoms with van der Waals surface area (Å²) in [4.78, 5) is 0. The third-order valence-corrected chi connectivity index (χ3v) is 0.539. The zero-order chi connectivity index (χ0) is 4.83. The summed E-state index contributed by atoms with van der Waals surface area (Å²) in [5.74, 6) is 0. The molecule has 0 bridgehead atoms. The summed E-state index contributed by atoms with van der Waals surface area (Å²) in [7, 11) is 0. The van der Waals surface area contributed by atoms with Crippen molar-refractivity contribution in [2.45, 2.75) is 19.3 Å². The zero-order valence-electron chi connectivity index (χ0n) is 4.86. The third kappa shape index (κ3) is 16.0. The number of hydrogen-bond donors (Lipinski definition) is 0. The van der Waals surface area contributed by atoms with Crippen LogP contribution in [0.3, 0.4) is 0 Å². The Labute approximate surface area is 74.0 Å². The van der Waals surface area contributed by atoms with Gasteiger partial charge in [-0.3, -0.25) is 0 Å². The van der Waals surface area contributed by atoms with Crippen molar-refractivity contribution in [2.75, 3.05) is 0 Å². The molecule has 0 aliphatic rings. The van der Waals surface area contributed by atoms with Crippen LogP contribution in [0, 0.1) is 18.3 Å². The quantitative estimate of drug-likeness (QED) is 0.417. The maximum atomic E-state index is 7.92. The van der Waals surface area contributed by atoms with Crippen molar-refractivity contribution in [1.82, 2.24) is 0 Å². The van der Waals surface area contributed by atoms with Crippen LogP contribution in [-0.4, -0.2) is 0 Å². The van der Waals surface area contributed by atoms with Crippen LogP contribution >= 0.6 is 0 Å². The Kier molecular flexibility index (Phi) is 31.0. The molecule has 0 aliphatic carbocycles. The summed E-state index contributed by atoms with van der Waals surface area (Å²) in [6, 6.07) is 2.03. The summed E-state index contributed by atoms with van der Waals surface area (Å²) < 4.78 is 0. The van der Waals surface area contributed by atoms with Gasteiger partial charge in [0.2, 0.25) is 0 Å². The van der Waals surface area contributed by atoms with Crippen molar-refractivity contribution >= 4 is 0 Å². The molecule has 0 rings (SSSR count). The second-order valence-corrected chi connectivity index (χ2v) is 1.12. The SMILES string of the molecule is [Br-].[CH2]CCCC#N.[Zn]. The van der Waals surface area contributed by atoms with E-state index in [0.717, 1.165) is 12.8 Å². The van der Waals surface area contributed by atoms with Gasteiger partial charge >= 0.3 is 0 Å². The minimum absolute atomic E-state index is 0. The molecule has 8 heavy (non-hydrogen) atoms. The van der Waals surface area contributed by atoms with Gasteiger partial charge in [0, 0.05) is 25.9 Å². The Balaban J connectivity index is -0.000000125. The molecule has 0 atom stereocenters. The van der Waals surface area contributed by atoms with Gasteiger partial charge in [-0.1, -0.05) is 13.3 Å². The molecule has 0 amide bonds. The average Bonchev–Trinajstić information content (AvgIpc) is 1.61. The summed E-state index contributed by atoms with van der Waals surface area (Å²) in [6.07, 6.45) is 2.48. The van der Waals surface area contributed by atoms with E-state index in [1.54, 1.807) is 0 Å². The third-order valence-electron chi connectivity index (χ3n) is 0.539. The van der Waals surface area contributed by atoms with Crippen LogP contribution in [0.15, 0.2) is 0 Å². The van der Waals surface area contributed by atoms with Gasteiger partial charge in [0.15, 0.2) is 0 Å². The summed E-state index contributed by atoms with van der Waals surface area (Å²) in [6.45, 7) is 3.57. The Morgan fingerprint density at radius 1 is 1.50 bits per heavy atom. The van der Waals surface area contributed by atoms with E-state index in [-0.39, 0.29) is 36.5 Å². The molecule has 0 unspecified atom stereocenters.